The monoisotopic (exact) mass is 181 g/mol. The molecule has 0 aliphatic rings. The Morgan fingerprint density at radius 3 is 3.08 bits per heavy atom. The van der Waals surface area contributed by atoms with Crippen molar-refractivity contribution in [1.82, 2.24) is 4.73 Å². The van der Waals surface area contributed by atoms with E-state index in [4.69, 9.17) is 0 Å². The van der Waals surface area contributed by atoms with Crippen LogP contribution in [0.2, 0.25) is 0 Å². The van der Waals surface area contributed by atoms with Gasteiger partial charge in [0.15, 0.2) is 5.78 Å². The Morgan fingerprint density at radius 1 is 1.67 bits per heavy atom. The lowest BCUT2D eigenvalue weighted by atomic mass is 10.2. The Bertz CT molecular complexity index is 441. The first-order valence-corrected chi connectivity index (χ1v) is 4.37. The van der Waals surface area contributed by atoms with Crippen molar-refractivity contribution in [2.45, 2.75) is 6.92 Å². The van der Waals surface area contributed by atoms with Gasteiger partial charge in [-0.3, -0.25) is 4.79 Å². The van der Waals surface area contributed by atoms with Gasteiger partial charge in [0.1, 0.15) is 0 Å². The van der Waals surface area contributed by atoms with E-state index in [9.17, 15) is 10.0 Å². The number of thiophene rings is 1. The number of carbonyl (C=O) groups excluding carboxylic acids is 1. The maximum absolute atomic E-state index is 11.1. The molecule has 0 radical (unpaired) electrons. The number of hydrogen-bond donors (Lipinski definition) is 1. The second-order valence-electron chi connectivity index (χ2n) is 2.58. The molecule has 2 aromatic rings. The van der Waals surface area contributed by atoms with Gasteiger partial charge in [-0.2, -0.15) is 4.73 Å². The van der Waals surface area contributed by atoms with Crippen molar-refractivity contribution >= 4 is 27.3 Å². The van der Waals surface area contributed by atoms with Crippen molar-refractivity contribution in [1.29, 1.82) is 0 Å². The molecule has 3 nitrogen and oxygen atoms in total. The Hall–Kier alpha value is -1.29. The normalized spacial score (nSPS) is 10.8. The van der Waals surface area contributed by atoms with Crippen LogP contribution < -0.4 is 0 Å². The number of nitrogens with zero attached hydrogens (tertiary/aromatic N) is 1. The molecule has 2 heterocycles. The van der Waals surface area contributed by atoms with Crippen LogP contribution in [0, 0.1) is 0 Å². The summed E-state index contributed by atoms with van der Waals surface area (Å²) in [6.45, 7) is 1.49. The largest absolute Gasteiger partial charge is 0.428 e. The Labute approximate surface area is 72.8 Å². The summed E-state index contributed by atoms with van der Waals surface area (Å²) in [5, 5.41) is 11.2. The molecule has 0 amide bonds. The van der Waals surface area contributed by atoms with Crippen molar-refractivity contribution in [2.75, 3.05) is 0 Å². The van der Waals surface area contributed by atoms with Gasteiger partial charge in [-0.15, -0.1) is 11.3 Å². The highest BCUT2D eigenvalue weighted by atomic mass is 32.1. The molecule has 0 aliphatic carbocycles. The van der Waals surface area contributed by atoms with Crippen LogP contribution in [0.15, 0.2) is 17.6 Å². The smallest absolute Gasteiger partial charge is 0.162 e. The number of ketones is 1. The van der Waals surface area contributed by atoms with Crippen molar-refractivity contribution in [2.24, 2.45) is 0 Å². The third-order valence-electron chi connectivity index (χ3n) is 1.77. The highest BCUT2D eigenvalue weighted by Crippen LogP contribution is 2.26. The molecule has 0 aromatic carbocycles. The van der Waals surface area contributed by atoms with Crippen molar-refractivity contribution < 1.29 is 10.0 Å². The third-order valence-corrected chi connectivity index (χ3v) is 2.70. The van der Waals surface area contributed by atoms with Gasteiger partial charge >= 0.3 is 0 Å². The first-order chi connectivity index (χ1) is 5.70. The van der Waals surface area contributed by atoms with Crippen LogP contribution in [0.1, 0.15) is 17.3 Å². The van der Waals surface area contributed by atoms with Crippen molar-refractivity contribution in [3.8, 4) is 0 Å². The Kier molecular flexibility index (Phi) is 1.44. The topological polar surface area (TPSA) is 42.2 Å². The maximum atomic E-state index is 11.1. The van der Waals surface area contributed by atoms with Crippen LogP contribution in [0.3, 0.4) is 0 Å². The third kappa shape index (κ3) is 0.848. The Balaban J connectivity index is 2.83. The molecule has 0 unspecified atom stereocenters. The fourth-order valence-electron chi connectivity index (χ4n) is 1.19. The summed E-state index contributed by atoms with van der Waals surface area (Å²) in [6, 6.07) is 1.78. The van der Waals surface area contributed by atoms with Gasteiger partial charge in [0, 0.05) is 0 Å². The molecule has 0 saturated heterocycles. The van der Waals surface area contributed by atoms with E-state index in [0.29, 0.717) is 11.1 Å². The zero-order chi connectivity index (χ0) is 8.72. The van der Waals surface area contributed by atoms with E-state index in [-0.39, 0.29) is 5.78 Å². The van der Waals surface area contributed by atoms with Crippen LogP contribution in [-0.2, 0) is 0 Å². The minimum atomic E-state index is -0.0183. The zero-order valence-corrected chi connectivity index (χ0v) is 7.26. The van der Waals surface area contributed by atoms with E-state index in [0.717, 1.165) is 9.43 Å². The van der Waals surface area contributed by atoms with Crippen molar-refractivity contribution in [3.05, 3.63) is 23.2 Å². The summed E-state index contributed by atoms with van der Waals surface area (Å²) >= 11 is 1.46. The summed E-state index contributed by atoms with van der Waals surface area (Å²) in [4.78, 5) is 11.1. The average Bonchev–Trinajstić information content (AvgIpc) is 2.53. The Morgan fingerprint density at radius 2 is 2.42 bits per heavy atom. The second-order valence-corrected chi connectivity index (χ2v) is 3.49. The molecule has 4 heteroatoms. The minimum Gasteiger partial charge on any atom is -0.428 e. The van der Waals surface area contributed by atoms with E-state index in [1.54, 1.807) is 6.07 Å². The van der Waals surface area contributed by atoms with Gasteiger partial charge in [-0.05, 0) is 18.4 Å². The number of fused-ring (bicyclic) bond motifs is 1. The van der Waals surface area contributed by atoms with E-state index >= 15 is 0 Å². The number of aromatic nitrogens is 1. The van der Waals surface area contributed by atoms with Crippen LogP contribution in [0.4, 0.5) is 0 Å². The van der Waals surface area contributed by atoms with Gasteiger partial charge < -0.3 is 5.21 Å². The molecule has 0 aliphatic heterocycles. The SMILES string of the molecule is CC(=O)c1cn(O)c2ccsc12. The molecule has 2 aromatic heterocycles. The highest BCUT2D eigenvalue weighted by molar-refractivity contribution is 7.17. The first kappa shape index (κ1) is 7.36. The van der Waals surface area contributed by atoms with Crippen LogP contribution >= 0.6 is 11.3 Å². The number of carbonyl (C=O) groups is 1. The average molecular weight is 181 g/mol. The standard InChI is InChI=1S/C8H7NO2S/c1-5(10)6-4-9(11)7-2-3-12-8(6)7/h2-4,11H,1H3. The molecule has 12 heavy (non-hydrogen) atoms. The lowest BCUT2D eigenvalue weighted by Crippen LogP contribution is -1.89. The number of Topliss-reactive ketones (excluding diaryl/α,β-unsaturated/α-hetero) is 1. The van der Waals surface area contributed by atoms with Crippen LogP contribution in [0.5, 0.6) is 0 Å². The van der Waals surface area contributed by atoms with Crippen LogP contribution in [-0.4, -0.2) is 15.7 Å². The predicted octanol–water partition coefficient (Wildman–Crippen LogP) is 2.14. The number of hydrogen-bond acceptors (Lipinski definition) is 3. The maximum Gasteiger partial charge on any atom is 0.162 e. The zero-order valence-electron chi connectivity index (χ0n) is 6.44. The summed E-state index contributed by atoms with van der Waals surface area (Å²) in [6.07, 6.45) is 1.45. The lowest BCUT2D eigenvalue weighted by molar-refractivity contribution is 0.101. The molecule has 0 saturated carbocycles. The first-order valence-electron chi connectivity index (χ1n) is 3.49. The van der Waals surface area contributed by atoms with Gasteiger partial charge in [0.2, 0.25) is 0 Å². The van der Waals surface area contributed by atoms with E-state index in [1.807, 2.05) is 5.38 Å². The summed E-state index contributed by atoms with van der Waals surface area (Å²) < 4.78 is 1.84. The van der Waals surface area contributed by atoms with Gasteiger partial charge in [0.25, 0.3) is 0 Å². The van der Waals surface area contributed by atoms with Gasteiger partial charge in [-0.25, -0.2) is 0 Å². The second kappa shape index (κ2) is 2.35. The quantitative estimate of drug-likeness (QED) is 0.541. The number of rotatable bonds is 1. The minimum absolute atomic E-state index is 0.0183. The molecule has 1 N–H and O–H groups in total. The molecule has 0 fully saturated rings. The van der Waals surface area contributed by atoms with Crippen molar-refractivity contribution in [3.63, 3.8) is 0 Å². The molecule has 0 atom stereocenters. The van der Waals surface area contributed by atoms with E-state index < -0.39 is 0 Å². The fourth-order valence-corrected chi connectivity index (χ4v) is 2.12. The summed E-state index contributed by atoms with van der Waals surface area (Å²) in [7, 11) is 0. The van der Waals surface area contributed by atoms with Gasteiger partial charge in [0.05, 0.1) is 22.0 Å². The molecule has 0 spiro atoms. The highest BCUT2D eigenvalue weighted by Gasteiger charge is 2.11. The molecule has 62 valence electrons. The summed E-state index contributed by atoms with van der Waals surface area (Å²) in [5.74, 6) is -0.0183. The lowest BCUT2D eigenvalue weighted by Gasteiger charge is -1.86. The molecule has 0 bridgehead atoms. The van der Waals surface area contributed by atoms with E-state index in [2.05, 4.69) is 0 Å². The molecular formula is C8H7NO2S. The van der Waals surface area contributed by atoms with Crippen LogP contribution in [0.25, 0.3) is 10.2 Å². The predicted molar refractivity (Wildman–Crippen MR) is 47.0 cm³/mol. The summed E-state index contributed by atoms with van der Waals surface area (Å²) in [5.41, 5.74) is 1.28. The van der Waals surface area contributed by atoms with Gasteiger partial charge in [-0.1, -0.05) is 0 Å². The van der Waals surface area contributed by atoms with E-state index in [1.165, 1.54) is 24.5 Å². The molecular weight excluding hydrogens is 174 g/mol. The fraction of sp³-hybridized carbons (Fsp3) is 0.125. The molecule has 2 rings (SSSR count).